The normalized spacial score (nSPS) is 11.7. The van der Waals surface area contributed by atoms with Crippen molar-refractivity contribution in [1.29, 1.82) is 0 Å². The minimum atomic E-state index is -4.67. The topological polar surface area (TPSA) is 60.9 Å². The van der Waals surface area contributed by atoms with Crippen LogP contribution in [-0.4, -0.2) is 15.7 Å². The Bertz CT molecular complexity index is 722. The average Bonchev–Trinajstić information content (AvgIpc) is 2.65. The number of carbonyl (C=O) groups excluding carboxylic acids is 1. The van der Waals surface area contributed by atoms with Crippen LogP contribution in [0.5, 0.6) is 0 Å². The zero-order valence-electron chi connectivity index (χ0n) is 11.1. The number of aryl methyl sites for hydroxylation is 1. The molecular weight excluding hydrogens is 351 g/mol. The maximum absolute atomic E-state index is 13.0. The van der Waals surface area contributed by atoms with Crippen molar-refractivity contribution in [2.75, 3.05) is 0 Å². The van der Waals surface area contributed by atoms with E-state index in [0.29, 0.717) is 11.4 Å². The number of nitrogens with zero attached hydrogens (tertiary/aromatic N) is 2. The highest BCUT2D eigenvalue weighted by Gasteiger charge is 2.35. The third-order valence-electron chi connectivity index (χ3n) is 3.02. The summed E-state index contributed by atoms with van der Waals surface area (Å²) in [6.45, 7) is 3.45. The summed E-state index contributed by atoms with van der Waals surface area (Å²) in [5.74, 6) is -1.12. The molecule has 0 saturated heterocycles. The van der Waals surface area contributed by atoms with Crippen LogP contribution in [-0.2, 0) is 6.18 Å². The van der Waals surface area contributed by atoms with E-state index >= 15 is 0 Å². The quantitative estimate of drug-likeness (QED) is 0.891. The van der Waals surface area contributed by atoms with Crippen molar-refractivity contribution in [3.8, 4) is 5.69 Å². The van der Waals surface area contributed by atoms with Crippen molar-refractivity contribution in [1.82, 2.24) is 9.78 Å². The van der Waals surface area contributed by atoms with Crippen LogP contribution in [0.4, 0.5) is 13.2 Å². The lowest BCUT2D eigenvalue weighted by Gasteiger charge is -2.13. The highest BCUT2D eigenvalue weighted by molar-refractivity contribution is 9.10. The number of amides is 1. The first kappa shape index (κ1) is 15.6. The van der Waals surface area contributed by atoms with Crippen LogP contribution >= 0.6 is 15.9 Å². The number of aromatic nitrogens is 2. The van der Waals surface area contributed by atoms with Crippen molar-refractivity contribution in [3.05, 3.63) is 45.2 Å². The molecule has 2 aromatic rings. The molecule has 1 aromatic heterocycles. The monoisotopic (exact) mass is 361 g/mol. The largest absolute Gasteiger partial charge is 0.417 e. The van der Waals surface area contributed by atoms with Crippen molar-refractivity contribution < 1.29 is 18.0 Å². The molecule has 4 nitrogen and oxygen atoms in total. The van der Waals surface area contributed by atoms with Crippen molar-refractivity contribution >= 4 is 21.8 Å². The second kappa shape index (κ2) is 5.18. The molecular formula is C13H11BrF3N3O. The highest BCUT2D eigenvalue weighted by Crippen LogP contribution is 2.34. The lowest BCUT2D eigenvalue weighted by Crippen LogP contribution is -2.19. The number of benzene rings is 1. The number of alkyl halides is 3. The third kappa shape index (κ3) is 2.80. The van der Waals surface area contributed by atoms with Gasteiger partial charge in [-0.1, -0.05) is 0 Å². The van der Waals surface area contributed by atoms with Gasteiger partial charge in [0, 0.05) is 0 Å². The second-order valence-electron chi connectivity index (χ2n) is 4.49. The molecule has 2 rings (SSSR count). The number of primary amides is 1. The SMILES string of the molecule is Cc1nn(-c2ccc(C(N)=O)c(C(F)(F)F)c2)c(C)c1Br. The highest BCUT2D eigenvalue weighted by atomic mass is 79.9. The van der Waals surface area contributed by atoms with E-state index in [1.54, 1.807) is 13.8 Å². The first-order valence-corrected chi connectivity index (χ1v) is 6.65. The fourth-order valence-electron chi connectivity index (χ4n) is 1.99. The van der Waals surface area contributed by atoms with Crippen LogP contribution in [0.2, 0.25) is 0 Å². The van der Waals surface area contributed by atoms with E-state index < -0.39 is 23.2 Å². The number of nitrogens with two attached hydrogens (primary N) is 1. The van der Waals surface area contributed by atoms with Gasteiger partial charge in [-0.2, -0.15) is 18.3 Å². The van der Waals surface area contributed by atoms with Crippen LogP contribution in [0, 0.1) is 13.8 Å². The number of hydrogen-bond donors (Lipinski definition) is 1. The van der Waals surface area contributed by atoms with Crippen molar-refractivity contribution in [3.63, 3.8) is 0 Å². The Morgan fingerprint density at radius 1 is 1.33 bits per heavy atom. The van der Waals surface area contributed by atoms with Gasteiger partial charge in [-0.25, -0.2) is 4.68 Å². The van der Waals surface area contributed by atoms with E-state index in [4.69, 9.17) is 5.73 Å². The smallest absolute Gasteiger partial charge is 0.366 e. The predicted molar refractivity (Wildman–Crippen MR) is 74.3 cm³/mol. The van der Waals surface area contributed by atoms with Gasteiger partial charge in [-0.3, -0.25) is 4.79 Å². The number of rotatable bonds is 2. The molecule has 0 spiro atoms. The molecule has 0 unspecified atom stereocenters. The molecule has 1 amide bonds. The summed E-state index contributed by atoms with van der Waals surface area (Å²) in [6, 6.07) is 3.30. The maximum Gasteiger partial charge on any atom is 0.417 e. The minimum Gasteiger partial charge on any atom is -0.366 e. The molecule has 0 bridgehead atoms. The zero-order valence-corrected chi connectivity index (χ0v) is 12.7. The Kier molecular flexibility index (Phi) is 3.83. The van der Waals surface area contributed by atoms with E-state index in [-0.39, 0.29) is 5.69 Å². The second-order valence-corrected chi connectivity index (χ2v) is 5.28. The molecule has 8 heteroatoms. The van der Waals surface area contributed by atoms with E-state index in [9.17, 15) is 18.0 Å². The molecule has 0 atom stereocenters. The Morgan fingerprint density at radius 2 is 1.95 bits per heavy atom. The summed E-state index contributed by atoms with van der Waals surface area (Å²) in [7, 11) is 0. The molecule has 0 radical (unpaired) electrons. The molecule has 0 aliphatic heterocycles. The summed E-state index contributed by atoms with van der Waals surface area (Å²) >= 11 is 3.31. The van der Waals surface area contributed by atoms with Crippen molar-refractivity contribution in [2.24, 2.45) is 5.73 Å². The maximum atomic E-state index is 13.0. The van der Waals surface area contributed by atoms with E-state index in [1.807, 2.05) is 0 Å². The lowest BCUT2D eigenvalue weighted by atomic mass is 10.1. The summed E-state index contributed by atoms with van der Waals surface area (Å²) in [5, 5.41) is 4.16. The Morgan fingerprint density at radius 3 is 2.38 bits per heavy atom. The van der Waals surface area contributed by atoms with Gasteiger partial charge in [-0.15, -0.1) is 0 Å². The van der Waals surface area contributed by atoms with Crippen LogP contribution in [0.25, 0.3) is 5.69 Å². The summed E-state index contributed by atoms with van der Waals surface area (Å²) in [6.07, 6.45) is -4.67. The molecule has 0 aliphatic carbocycles. The first-order valence-electron chi connectivity index (χ1n) is 5.86. The van der Waals surface area contributed by atoms with Crippen LogP contribution in [0.15, 0.2) is 22.7 Å². The van der Waals surface area contributed by atoms with Crippen molar-refractivity contribution in [2.45, 2.75) is 20.0 Å². The van der Waals surface area contributed by atoms with Crippen LogP contribution < -0.4 is 5.73 Å². The van der Waals surface area contributed by atoms with E-state index in [2.05, 4.69) is 21.0 Å². The summed E-state index contributed by atoms with van der Waals surface area (Å²) in [4.78, 5) is 11.1. The van der Waals surface area contributed by atoms with E-state index in [0.717, 1.165) is 16.6 Å². The molecule has 0 aliphatic rings. The Labute approximate surface area is 126 Å². The summed E-state index contributed by atoms with van der Waals surface area (Å²) in [5.41, 5.74) is 4.87. The molecule has 1 heterocycles. The number of hydrogen-bond acceptors (Lipinski definition) is 2. The fraction of sp³-hybridized carbons (Fsp3) is 0.231. The Hall–Kier alpha value is -1.83. The molecule has 1 aromatic carbocycles. The standard InChI is InChI=1S/C13H11BrF3N3O/c1-6-11(14)7(2)20(19-6)8-3-4-9(12(18)21)10(5-8)13(15,16)17/h3-5H,1-2H3,(H2,18,21). The van der Waals surface area contributed by atoms with Gasteiger partial charge in [-0.05, 0) is 48.0 Å². The summed E-state index contributed by atoms with van der Waals surface area (Å²) < 4.78 is 41.2. The van der Waals surface area contributed by atoms with Gasteiger partial charge in [0.05, 0.1) is 32.7 Å². The third-order valence-corrected chi connectivity index (χ3v) is 4.17. The van der Waals surface area contributed by atoms with Gasteiger partial charge in [0.15, 0.2) is 0 Å². The zero-order chi connectivity index (χ0) is 15.9. The molecule has 2 N–H and O–H groups in total. The van der Waals surface area contributed by atoms with E-state index in [1.165, 1.54) is 10.7 Å². The van der Waals surface area contributed by atoms with Gasteiger partial charge in [0.2, 0.25) is 5.91 Å². The van der Waals surface area contributed by atoms with Gasteiger partial charge < -0.3 is 5.73 Å². The fourth-order valence-corrected chi connectivity index (χ4v) is 2.24. The van der Waals surface area contributed by atoms with Gasteiger partial charge in [0.25, 0.3) is 0 Å². The molecule has 0 saturated carbocycles. The molecule has 112 valence electrons. The minimum absolute atomic E-state index is 0.207. The number of carbonyl (C=O) groups is 1. The Balaban J connectivity index is 2.67. The molecule has 0 fully saturated rings. The van der Waals surface area contributed by atoms with Crippen LogP contribution in [0.1, 0.15) is 27.3 Å². The van der Waals surface area contributed by atoms with Crippen LogP contribution in [0.3, 0.4) is 0 Å². The van der Waals surface area contributed by atoms with Gasteiger partial charge in [0.1, 0.15) is 0 Å². The lowest BCUT2D eigenvalue weighted by molar-refractivity contribution is -0.137. The number of halogens is 4. The predicted octanol–water partition coefficient (Wildman–Crippen LogP) is 3.37. The molecule has 21 heavy (non-hydrogen) atoms. The van der Waals surface area contributed by atoms with Gasteiger partial charge >= 0.3 is 6.18 Å². The average molecular weight is 362 g/mol. The first-order chi connectivity index (χ1) is 9.62.